The average molecular weight is 522 g/mol. The molecule has 0 N–H and O–H groups in total. The molecular weight excluding hydrogens is 502 g/mol. The van der Waals surface area contributed by atoms with E-state index in [1.807, 2.05) is 30.3 Å². The van der Waals surface area contributed by atoms with Gasteiger partial charge in [-0.3, -0.25) is 24.5 Å². The Morgan fingerprint density at radius 2 is 1.65 bits per heavy atom. The van der Waals surface area contributed by atoms with Crippen molar-refractivity contribution in [2.24, 2.45) is 0 Å². The van der Waals surface area contributed by atoms with E-state index in [0.717, 1.165) is 14.9 Å². The number of amides is 3. The fourth-order valence-corrected chi connectivity index (χ4v) is 4.31. The van der Waals surface area contributed by atoms with Crippen LogP contribution in [0.15, 0.2) is 83.3 Å². The van der Waals surface area contributed by atoms with Crippen LogP contribution < -0.4 is 4.90 Å². The largest absolute Gasteiger partial charge is 0.319 e. The third-order valence-electron chi connectivity index (χ3n) is 5.80. The van der Waals surface area contributed by atoms with E-state index in [0.29, 0.717) is 5.69 Å². The van der Waals surface area contributed by atoms with Crippen LogP contribution in [0.25, 0.3) is 0 Å². The van der Waals surface area contributed by atoms with Gasteiger partial charge in [0, 0.05) is 22.2 Å². The van der Waals surface area contributed by atoms with E-state index in [9.17, 15) is 24.5 Å². The highest BCUT2D eigenvalue weighted by molar-refractivity contribution is 9.10. The summed E-state index contributed by atoms with van der Waals surface area (Å²) in [6, 6.07) is 19.6. The smallest absolute Gasteiger partial charge is 0.269 e. The highest BCUT2D eigenvalue weighted by atomic mass is 79.9. The maximum atomic E-state index is 13.6. The van der Waals surface area contributed by atoms with Crippen LogP contribution in [0.3, 0.4) is 0 Å². The molecule has 9 heteroatoms. The first-order chi connectivity index (χ1) is 16.3. The van der Waals surface area contributed by atoms with Gasteiger partial charge in [-0.2, -0.15) is 0 Å². The molecule has 3 aromatic rings. The Kier molecular flexibility index (Phi) is 6.56. The summed E-state index contributed by atoms with van der Waals surface area (Å²) in [7, 11) is 0. The van der Waals surface area contributed by atoms with E-state index >= 15 is 0 Å². The van der Waals surface area contributed by atoms with E-state index in [1.165, 1.54) is 29.2 Å². The van der Waals surface area contributed by atoms with Gasteiger partial charge in [0.05, 0.1) is 23.1 Å². The van der Waals surface area contributed by atoms with Crippen molar-refractivity contribution in [3.8, 4) is 0 Å². The Morgan fingerprint density at radius 1 is 1.03 bits per heavy atom. The van der Waals surface area contributed by atoms with Gasteiger partial charge in [0.1, 0.15) is 6.04 Å². The van der Waals surface area contributed by atoms with Gasteiger partial charge < -0.3 is 4.90 Å². The van der Waals surface area contributed by atoms with Crippen molar-refractivity contribution in [3.63, 3.8) is 0 Å². The molecule has 3 amide bonds. The number of hydrogen-bond donors (Lipinski definition) is 0. The van der Waals surface area contributed by atoms with Crippen LogP contribution in [0.4, 0.5) is 11.4 Å². The lowest BCUT2D eigenvalue weighted by atomic mass is 10.0. The minimum absolute atomic E-state index is 0.146. The molecule has 4 rings (SSSR count). The molecule has 0 bridgehead atoms. The van der Waals surface area contributed by atoms with Crippen LogP contribution in [0, 0.1) is 10.1 Å². The maximum absolute atomic E-state index is 13.6. The normalized spacial score (nSPS) is 16.4. The summed E-state index contributed by atoms with van der Waals surface area (Å²) >= 11 is 3.34. The molecule has 0 aromatic heterocycles. The number of benzene rings is 3. The standard InChI is InChI=1S/C25H20BrN3O5/c1-16(17-5-3-2-4-6-17)27(24(31)18-7-11-21(12-8-18)29(33)34)22-15-23(30)28(25(22)32)20-13-9-19(26)10-14-20/h2-14,16,22H,15H2,1H3. The summed E-state index contributed by atoms with van der Waals surface area (Å²) in [5.41, 5.74) is 1.26. The molecule has 3 aromatic carbocycles. The Morgan fingerprint density at radius 3 is 2.24 bits per heavy atom. The van der Waals surface area contributed by atoms with Crippen LogP contribution in [-0.2, 0) is 9.59 Å². The molecule has 2 atom stereocenters. The number of carbonyl (C=O) groups is 3. The van der Waals surface area contributed by atoms with E-state index < -0.39 is 34.7 Å². The van der Waals surface area contributed by atoms with Crippen molar-refractivity contribution in [1.29, 1.82) is 0 Å². The fraction of sp³-hybridized carbons (Fsp3) is 0.160. The molecule has 1 saturated heterocycles. The monoisotopic (exact) mass is 521 g/mol. The van der Waals surface area contributed by atoms with Crippen molar-refractivity contribution in [2.45, 2.75) is 25.4 Å². The predicted molar refractivity (Wildman–Crippen MR) is 129 cm³/mol. The number of imide groups is 1. The van der Waals surface area contributed by atoms with Gasteiger partial charge in [0.25, 0.3) is 17.5 Å². The second-order valence-corrected chi connectivity index (χ2v) is 8.78. The summed E-state index contributed by atoms with van der Waals surface area (Å²) in [5, 5.41) is 11.0. The molecule has 0 saturated carbocycles. The number of carbonyl (C=O) groups excluding carboxylic acids is 3. The summed E-state index contributed by atoms with van der Waals surface area (Å²) in [6.45, 7) is 1.79. The number of nitro groups is 1. The number of nitro benzene ring substituents is 1. The minimum atomic E-state index is -1.02. The molecule has 1 fully saturated rings. The summed E-state index contributed by atoms with van der Waals surface area (Å²) in [4.78, 5) is 53.0. The molecule has 1 aliphatic heterocycles. The lowest BCUT2D eigenvalue weighted by Gasteiger charge is -2.33. The number of rotatable bonds is 6. The molecule has 8 nitrogen and oxygen atoms in total. The topological polar surface area (TPSA) is 101 Å². The van der Waals surface area contributed by atoms with Crippen molar-refractivity contribution >= 4 is 45.0 Å². The number of halogens is 1. The molecule has 0 aliphatic carbocycles. The summed E-state index contributed by atoms with van der Waals surface area (Å²) in [6.07, 6.45) is -0.162. The van der Waals surface area contributed by atoms with E-state index in [2.05, 4.69) is 15.9 Å². The highest BCUT2D eigenvalue weighted by Crippen LogP contribution is 2.33. The second kappa shape index (κ2) is 9.56. The van der Waals surface area contributed by atoms with Crippen LogP contribution in [0.5, 0.6) is 0 Å². The quantitative estimate of drug-likeness (QED) is 0.261. The van der Waals surface area contributed by atoms with E-state index in [4.69, 9.17) is 0 Å². The van der Waals surface area contributed by atoms with Crippen molar-refractivity contribution in [1.82, 2.24) is 4.90 Å². The molecule has 2 unspecified atom stereocenters. The Bertz CT molecular complexity index is 1250. The van der Waals surface area contributed by atoms with Crippen molar-refractivity contribution in [2.75, 3.05) is 4.90 Å². The van der Waals surface area contributed by atoms with Gasteiger partial charge in [0.2, 0.25) is 5.91 Å². The lowest BCUT2D eigenvalue weighted by Crippen LogP contribution is -2.46. The zero-order valence-electron chi connectivity index (χ0n) is 18.1. The van der Waals surface area contributed by atoms with Gasteiger partial charge in [-0.15, -0.1) is 0 Å². The van der Waals surface area contributed by atoms with E-state index in [1.54, 1.807) is 31.2 Å². The second-order valence-electron chi connectivity index (χ2n) is 7.87. The lowest BCUT2D eigenvalue weighted by molar-refractivity contribution is -0.384. The first-order valence-corrected chi connectivity index (χ1v) is 11.3. The maximum Gasteiger partial charge on any atom is 0.269 e. The molecule has 34 heavy (non-hydrogen) atoms. The van der Waals surface area contributed by atoms with Crippen LogP contribution in [0.2, 0.25) is 0 Å². The van der Waals surface area contributed by atoms with Gasteiger partial charge in [-0.1, -0.05) is 46.3 Å². The van der Waals surface area contributed by atoms with E-state index in [-0.39, 0.29) is 17.7 Å². The Labute approximate surface area is 204 Å². The number of anilines is 1. The van der Waals surface area contributed by atoms with Crippen molar-refractivity contribution < 1.29 is 19.3 Å². The Hall–Kier alpha value is -3.85. The SMILES string of the molecule is CC(c1ccccc1)N(C(=O)c1ccc([N+](=O)[O-])cc1)C1CC(=O)N(c2ccc(Br)cc2)C1=O. The number of non-ortho nitro benzene ring substituents is 1. The molecule has 0 spiro atoms. The minimum Gasteiger partial charge on any atom is -0.319 e. The zero-order valence-corrected chi connectivity index (χ0v) is 19.7. The third kappa shape index (κ3) is 4.47. The van der Waals surface area contributed by atoms with Gasteiger partial charge >= 0.3 is 0 Å². The Balaban J connectivity index is 1.72. The molecule has 1 heterocycles. The average Bonchev–Trinajstić information content (AvgIpc) is 3.13. The first-order valence-electron chi connectivity index (χ1n) is 10.5. The first kappa shape index (κ1) is 23.3. The molecule has 1 aliphatic rings. The van der Waals surface area contributed by atoms with Crippen LogP contribution in [-0.4, -0.2) is 33.6 Å². The molecular formula is C25H20BrN3O5. The molecule has 0 radical (unpaired) electrons. The van der Waals surface area contributed by atoms with Gasteiger partial charge in [0.15, 0.2) is 0 Å². The number of nitrogens with zero attached hydrogens (tertiary/aromatic N) is 3. The van der Waals surface area contributed by atoms with Crippen LogP contribution >= 0.6 is 15.9 Å². The van der Waals surface area contributed by atoms with Gasteiger partial charge in [-0.05, 0) is 48.9 Å². The van der Waals surface area contributed by atoms with Gasteiger partial charge in [-0.25, -0.2) is 4.90 Å². The summed E-state index contributed by atoms with van der Waals surface area (Å²) in [5.74, 6) is -1.39. The highest BCUT2D eigenvalue weighted by Gasteiger charge is 2.46. The zero-order chi connectivity index (χ0) is 24.4. The van der Waals surface area contributed by atoms with Crippen LogP contribution in [0.1, 0.15) is 35.3 Å². The third-order valence-corrected chi connectivity index (χ3v) is 6.33. The number of hydrogen-bond acceptors (Lipinski definition) is 5. The van der Waals surface area contributed by atoms with Crippen molar-refractivity contribution in [3.05, 3.63) is 105 Å². The fourth-order valence-electron chi connectivity index (χ4n) is 4.05. The summed E-state index contributed by atoms with van der Waals surface area (Å²) < 4.78 is 0.805. The predicted octanol–water partition coefficient (Wildman–Crippen LogP) is 4.89. The molecule has 172 valence electrons.